The normalized spacial score (nSPS) is 14.4. The average molecular weight is 443 g/mol. The molecule has 9 nitrogen and oxygen atoms in total. The van der Waals surface area contributed by atoms with E-state index in [1.54, 1.807) is 5.48 Å². The van der Waals surface area contributed by atoms with Crippen molar-refractivity contribution >= 4 is 23.6 Å². The Morgan fingerprint density at radius 2 is 1.52 bits per heavy atom. The molecule has 0 radical (unpaired) electrons. The van der Waals surface area contributed by atoms with E-state index >= 15 is 0 Å². The molecule has 0 aliphatic heterocycles. The highest BCUT2D eigenvalue weighted by Gasteiger charge is 2.39. The van der Waals surface area contributed by atoms with Crippen molar-refractivity contribution in [3.63, 3.8) is 0 Å². The van der Waals surface area contributed by atoms with Gasteiger partial charge in [-0.3, -0.25) is 24.4 Å². The van der Waals surface area contributed by atoms with Crippen LogP contribution in [-0.4, -0.2) is 48.0 Å². The number of carbonyl (C=O) groups excluding carboxylic acids is 4. The minimum absolute atomic E-state index is 0.0271. The first kappa shape index (κ1) is 28.8. The van der Waals surface area contributed by atoms with Crippen LogP contribution in [0.5, 0.6) is 0 Å². The quantitative estimate of drug-likeness (QED) is 0.169. The summed E-state index contributed by atoms with van der Waals surface area (Å²) in [6.45, 7) is 11.3. The fourth-order valence-corrected chi connectivity index (χ4v) is 3.35. The first-order valence-electron chi connectivity index (χ1n) is 11.1. The maximum absolute atomic E-state index is 13.2. The van der Waals surface area contributed by atoms with Crippen LogP contribution in [0.1, 0.15) is 80.1 Å². The highest BCUT2D eigenvalue weighted by atomic mass is 16.5. The minimum Gasteiger partial charge on any atom is -0.357 e. The lowest BCUT2D eigenvalue weighted by Gasteiger charge is -2.33. The molecule has 9 heteroatoms. The maximum Gasteiger partial charge on any atom is 0.266 e. The topological polar surface area (TPSA) is 137 Å². The van der Waals surface area contributed by atoms with Gasteiger partial charge in [0.1, 0.15) is 12.1 Å². The van der Waals surface area contributed by atoms with Crippen molar-refractivity contribution < 1.29 is 24.4 Å². The second kappa shape index (κ2) is 14.0. The van der Waals surface area contributed by atoms with E-state index in [-0.39, 0.29) is 30.6 Å². The first-order valence-corrected chi connectivity index (χ1v) is 11.1. The highest BCUT2D eigenvalue weighted by molar-refractivity contribution is 5.95. The lowest BCUT2D eigenvalue weighted by atomic mass is 9.84. The van der Waals surface area contributed by atoms with Crippen molar-refractivity contribution in [3.8, 4) is 0 Å². The standard InChI is InChI=1S/C22H42N4O5/c1-8-9-10-11-12-16(27)24-17(20(29)26-31)15(13-14(2)3)19(28)25-18(21(30)23-7)22(4,5)6/h14-15,17-18,31H,8-13H2,1-7H3,(H,23,30)(H,24,27)(H,25,28)(H,26,29)/t15-,17+,18-/m1/s1. The van der Waals surface area contributed by atoms with Gasteiger partial charge < -0.3 is 16.0 Å². The van der Waals surface area contributed by atoms with Crippen molar-refractivity contribution in [2.45, 2.75) is 92.2 Å². The smallest absolute Gasteiger partial charge is 0.266 e. The number of hydrogen-bond acceptors (Lipinski definition) is 5. The molecule has 4 amide bonds. The van der Waals surface area contributed by atoms with E-state index in [2.05, 4.69) is 22.9 Å². The van der Waals surface area contributed by atoms with Gasteiger partial charge in [-0.1, -0.05) is 60.8 Å². The van der Waals surface area contributed by atoms with Crippen LogP contribution < -0.4 is 21.4 Å². The van der Waals surface area contributed by atoms with Crippen LogP contribution in [0.4, 0.5) is 0 Å². The van der Waals surface area contributed by atoms with Gasteiger partial charge in [-0.2, -0.15) is 0 Å². The molecule has 5 N–H and O–H groups in total. The van der Waals surface area contributed by atoms with E-state index in [0.29, 0.717) is 6.42 Å². The number of likely N-dealkylation sites (N-methyl/N-ethyl adjacent to an activating group) is 1. The molecule has 0 aliphatic carbocycles. The molecule has 0 heterocycles. The Morgan fingerprint density at radius 3 is 1.97 bits per heavy atom. The van der Waals surface area contributed by atoms with Gasteiger partial charge in [0.2, 0.25) is 17.7 Å². The highest BCUT2D eigenvalue weighted by Crippen LogP contribution is 2.22. The Morgan fingerprint density at radius 1 is 0.903 bits per heavy atom. The van der Waals surface area contributed by atoms with Crippen molar-refractivity contribution in [2.24, 2.45) is 17.3 Å². The zero-order chi connectivity index (χ0) is 24.2. The molecule has 31 heavy (non-hydrogen) atoms. The van der Waals surface area contributed by atoms with Gasteiger partial charge in [0, 0.05) is 13.5 Å². The lowest BCUT2D eigenvalue weighted by Crippen LogP contribution is -2.59. The third-order valence-corrected chi connectivity index (χ3v) is 5.09. The number of rotatable bonds is 13. The number of hydrogen-bond donors (Lipinski definition) is 5. The summed E-state index contributed by atoms with van der Waals surface area (Å²) in [5.74, 6) is -3.04. The molecule has 0 unspecified atom stereocenters. The number of carbonyl (C=O) groups is 4. The first-order chi connectivity index (χ1) is 14.4. The summed E-state index contributed by atoms with van der Waals surface area (Å²) in [6.07, 6.45) is 4.14. The number of amides is 4. The predicted octanol–water partition coefficient (Wildman–Crippen LogP) is 1.89. The van der Waals surface area contributed by atoms with Crippen LogP contribution >= 0.6 is 0 Å². The van der Waals surface area contributed by atoms with Gasteiger partial charge in [0.25, 0.3) is 5.91 Å². The fourth-order valence-electron chi connectivity index (χ4n) is 3.35. The van der Waals surface area contributed by atoms with Crippen molar-refractivity contribution in [1.82, 2.24) is 21.4 Å². The van der Waals surface area contributed by atoms with Crippen LogP contribution in [0.2, 0.25) is 0 Å². The van der Waals surface area contributed by atoms with Crippen LogP contribution in [0.3, 0.4) is 0 Å². The Balaban J connectivity index is 5.66. The zero-order valence-electron chi connectivity index (χ0n) is 20.1. The molecule has 0 rings (SSSR count). The fraction of sp³-hybridized carbons (Fsp3) is 0.818. The van der Waals surface area contributed by atoms with Crippen molar-refractivity contribution in [3.05, 3.63) is 0 Å². The molecule has 0 aromatic carbocycles. The largest absolute Gasteiger partial charge is 0.357 e. The summed E-state index contributed by atoms with van der Waals surface area (Å²) in [4.78, 5) is 50.3. The molecular weight excluding hydrogens is 400 g/mol. The second-order valence-electron chi connectivity index (χ2n) is 9.49. The Labute approximate surface area is 186 Å². The maximum atomic E-state index is 13.2. The molecule has 0 spiro atoms. The minimum atomic E-state index is -1.25. The van der Waals surface area contributed by atoms with Gasteiger partial charge in [0.15, 0.2) is 0 Å². The van der Waals surface area contributed by atoms with E-state index in [4.69, 9.17) is 0 Å². The summed E-state index contributed by atoms with van der Waals surface area (Å²) in [6, 6.07) is -2.08. The van der Waals surface area contributed by atoms with E-state index in [1.807, 2.05) is 34.6 Å². The van der Waals surface area contributed by atoms with Gasteiger partial charge in [-0.15, -0.1) is 0 Å². The van der Waals surface area contributed by atoms with Gasteiger partial charge in [-0.25, -0.2) is 5.48 Å². The third kappa shape index (κ3) is 10.6. The molecule has 180 valence electrons. The van der Waals surface area contributed by atoms with Gasteiger partial charge in [0.05, 0.1) is 5.92 Å². The third-order valence-electron chi connectivity index (χ3n) is 5.09. The van der Waals surface area contributed by atoms with E-state index in [1.165, 1.54) is 7.05 Å². The van der Waals surface area contributed by atoms with Gasteiger partial charge >= 0.3 is 0 Å². The summed E-state index contributed by atoms with van der Waals surface area (Å²) in [5, 5.41) is 17.1. The van der Waals surface area contributed by atoms with Crippen LogP contribution in [0, 0.1) is 17.3 Å². The van der Waals surface area contributed by atoms with Gasteiger partial charge in [-0.05, 0) is 24.2 Å². The Bertz CT molecular complexity index is 601. The number of unbranched alkanes of at least 4 members (excludes halogenated alkanes) is 3. The van der Waals surface area contributed by atoms with Crippen LogP contribution in [0.15, 0.2) is 0 Å². The molecule has 0 aromatic heterocycles. The van der Waals surface area contributed by atoms with Crippen molar-refractivity contribution in [2.75, 3.05) is 7.05 Å². The summed E-state index contributed by atoms with van der Waals surface area (Å²) < 4.78 is 0. The zero-order valence-corrected chi connectivity index (χ0v) is 20.1. The predicted molar refractivity (Wildman–Crippen MR) is 119 cm³/mol. The Kier molecular flexibility index (Phi) is 13.0. The molecule has 0 fully saturated rings. The lowest BCUT2D eigenvalue weighted by molar-refractivity contribution is -0.142. The second-order valence-corrected chi connectivity index (χ2v) is 9.49. The summed E-state index contributed by atoms with van der Waals surface area (Å²) >= 11 is 0. The molecule has 0 aliphatic rings. The van der Waals surface area contributed by atoms with E-state index in [0.717, 1.165) is 19.3 Å². The SMILES string of the molecule is CCCCCCC(=O)N[C@H](C(=O)NO)[C@@H](CC(C)C)C(=O)N[C@H](C(=O)NC)C(C)(C)C. The average Bonchev–Trinajstić information content (AvgIpc) is 2.69. The van der Waals surface area contributed by atoms with E-state index < -0.39 is 35.2 Å². The summed E-state index contributed by atoms with van der Waals surface area (Å²) in [7, 11) is 1.49. The number of hydroxylamine groups is 1. The monoisotopic (exact) mass is 442 g/mol. The van der Waals surface area contributed by atoms with Crippen molar-refractivity contribution in [1.29, 1.82) is 0 Å². The molecule has 0 saturated heterocycles. The van der Waals surface area contributed by atoms with Crippen LogP contribution in [-0.2, 0) is 19.2 Å². The molecular formula is C22H42N4O5. The van der Waals surface area contributed by atoms with Crippen LogP contribution in [0.25, 0.3) is 0 Å². The van der Waals surface area contributed by atoms with E-state index in [9.17, 15) is 24.4 Å². The number of nitrogens with one attached hydrogen (secondary N) is 4. The molecule has 3 atom stereocenters. The molecule has 0 saturated carbocycles. The Hall–Kier alpha value is -2.16. The molecule has 0 bridgehead atoms. The molecule has 0 aromatic rings. The summed E-state index contributed by atoms with van der Waals surface area (Å²) in [5.41, 5.74) is 0.986.